The van der Waals surface area contributed by atoms with Crippen molar-refractivity contribution in [3.63, 3.8) is 0 Å². The van der Waals surface area contributed by atoms with Crippen molar-refractivity contribution >= 4 is 13.5 Å². The van der Waals surface area contributed by atoms with Crippen LogP contribution in [-0.4, -0.2) is 13.1 Å². The smallest absolute Gasteiger partial charge is 0.219 e. The van der Waals surface area contributed by atoms with Gasteiger partial charge in [-0.1, -0.05) is 44.2 Å². The monoisotopic (exact) mass is 180 g/mol. The second kappa shape index (κ2) is 3.41. The normalized spacial score (nSPS) is 16.1. The molecule has 0 amide bonds. The van der Waals surface area contributed by atoms with E-state index in [9.17, 15) is 4.80 Å². The lowest BCUT2D eigenvalue weighted by molar-refractivity contribution is 0.541. The Kier molecular flexibility index (Phi) is 2.70. The molecule has 0 saturated carbocycles. The van der Waals surface area contributed by atoms with Crippen LogP contribution < -0.4 is 5.19 Å². The summed E-state index contributed by atoms with van der Waals surface area (Å²) in [5.74, 6) is 0. The molecule has 1 aromatic carbocycles. The van der Waals surface area contributed by atoms with Gasteiger partial charge in [-0.3, -0.25) is 0 Å². The Morgan fingerprint density at radius 1 is 1.17 bits per heavy atom. The summed E-state index contributed by atoms with van der Waals surface area (Å²) in [6, 6.07) is 9.99. The van der Waals surface area contributed by atoms with Crippen molar-refractivity contribution in [1.82, 2.24) is 0 Å². The summed E-state index contributed by atoms with van der Waals surface area (Å²) in [5.41, 5.74) is 0.375. The fraction of sp³-hybridized carbons (Fsp3) is 0.400. The maximum atomic E-state index is 10.2. The molecule has 0 saturated heterocycles. The fourth-order valence-electron chi connectivity index (χ4n) is 1.11. The van der Waals surface area contributed by atoms with Gasteiger partial charge in [-0.15, -0.1) is 0 Å². The highest BCUT2D eigenvalue weighted by atomic mass is 28.4. The summed E-state index contributed by atoms with van der Waals surface area (Å²) in [6.45, 7) is 6.16. The van der Waals surface area contributed by atoms with Crippen LogP contribution in [0, 0.1) is 0 Å². The van der Waals surface area contributed by atoms with Gasteiger partial charge in [0.15, 0.2) is 0 Å². The number of hydrogen-bond donors (Lipinski definition) is 1. The van der Waals surface area contributed by atoms with E-state index >= 15 is 0 Å². The topological polar surface area (TPSA) is 20.2 Å². The molecule has 1 rings (SSSR count). The first-order chi connectivity index (χ1) is 5.55. The fourth-order valence-corrected chi connectivity index (χ4v) is 2.64. The number of hydrogen-bond acceptors (Lipinski definition) is 1. The first kappa shape index (κ1) is 9.48. The van der Waals surface area contributed by atoms with E-state index in [1.807, 2.05) is 36.9 Å². The largest absolute Gasteiger partial charge is 0.427 e. The standard InChI is InChI=1S/C10H16OSi/c1-9(2)12(3,11)10-7-5-4-6-8-10/h4-9,11H,1-3H3. The first-order valence-corrected chi connectivity index (χ1v) is 6.85. The van der Waals surface area contributed by atoms with Crippen LogP contribution in [0.15, 0.2) is 30.3 Å². The zero-order valence-corrected chi connectivity index (χ0v) is 8.91. The third kappa shape index (κ3) is 1.76. The molecule has 0 aromatic heterocycles. The van der Waals surface area contributed by atoms with Gasteiger partial charge in [0.25, 0.3) is 0 Å². The molecule has 0 heterocycles. The summed E-state index contributed by atoms with van der Waals surface area (Å²) < 4.78 is 0. The average molecular weight is 180 g/mol. The van der Waals surface area contributed by atoms with E-state index < -0.39 is 8.32 Å². The molecule has 0 aliphatic heterocycles. The molecule has 66 valence electrons. The molecule has 1 unspecified atom stereocenters. The van der Waals surface area contributed by atoms with E-state index in [-0.39, 0.29) is 0 Å². The van der Waals surface area contributed by atoms with Crippen molar-refractivity contribution in [2.45, 2.75) is 25.9 Å². The average Bonchev–Trinajstić information content (AvgIpc) is 2.06. The Bertz CT molecular complexity index is 241. The molecule has 0 spiro atoms. The van der Waals surface area contributed by atoms with E-state index in [0.717, 1.165) is 5.19 Å². The molecule has 0 fully saturated rings. The molecule has 1 atom stereocenters. The second-order valence-electron chi connectivity index (χ2n) is 3.67. The molecule has 0 aliphatic carbocycles. The van der Waals surface area contributed by atoms with Crippen molar-refractivity contribution < 1.29 is 4.80 Å². The summed E-state index contributed by atoms with van der Waals surface area (Å²) >= 11 is 0. The first-order valence-electron chi connectivity index (χ1n) is 4.33. The Labute approximate surface area is 75.2 Å². The van der Waals surface area contributed by atoms with Crippen molar-refractivity contribution in [2.75, 3.05) is 0 Å². The van der Waals surface area contributed by atoms with Crippen molar-refractivity contribution in [1.29, 1.82) is 0 Å². The molecular weight excluding hydrogens is 164 g/mol. The Morgan fingerprint density at radius 3 is 2.08 bits per heavy atom. The summed E-state index contributed by atoms with van der Waals surface area (Å²) in [6.07, 6.45) is 0. The molecule has 1 nitrogen and oxygen atoms in total. The minimum absolute atomic E-state index is 0.375. The van der Waals surface area contributed by atoms with Gasteiger partial charge in [0.2, 0.25) is 8.32 Å². The van der Waals surface area contributed by atoms with E-state index in [2.05, 4.69) is 13.8 Å². The van der Waals surface area contributed by atoms with Gasteiger partial charge in [0, 0.05) is 0 Å². The lowest BCUT2D eigenvalue weighted by Crippen LogP contribution is -2.47. The van der Waals surface area contributed by atoms with E-state index in [1.54, 1.807) is 0 Å². The van der Waals surface area contributed by atoms with E-state index in [4.69, 9.17) is 0 Å². The van der Waals surface area contributed by atoms with Gasteiger partial charge in [-0.2, -0.15) is 0 Å². The molecule has 1 aromatic rings. The maximum Gasteiger partial charge on any atom is 0.219 e. The van der Waals surface area contributed by atoms with Crippen LogP contribution in [0.3, 0.4) is 0 Å². The quantitative estimate of drug-likeness (QED) is 0.689. The predicted octanol–water partition coefficient (Wildman–Crippen LogP) is 1.87. The number of rotatable bonds is 2. The van der Waals surface area contributed by atoms with Gasteiger partial charge in [0.1, 0.15) is 0 Å². The van der Waals surface area contributed by atoms with Crippen LogP contribution in [-0.2, 0) is 0 Å². The summed E-state index contributed by atoms with van der Waals surface area (Å²) in [5, 5.41) is 1.13. The highest BCUT2D eigenvalue weighted by Gasteiger charge is 2.30. The van der Waals surface area contributed by atoms with Gasteiger partial charge in [-0.05, 0) is 17.3 Å². The lowest BCUT2D eigenvalue weighted by Gasteiger charge is -2.24. The highest BCUT2D eigenvalue weighted by Crippen LogP contribution is 2.16. The van der Waals surface area contributed by atoms with Crippen molar-refractivity contribution in [2.24, 2.45) is 0 Å². The van der Waals surface area contributed by atoms with Crippen molar-refractivity contribution in [3.8, 4) is 0 Å². The minimum Gasteiger partial charge on any atom is -0.427 e. The molecule has 2 heteroatoms. The zero-order chi connectivity index (χ0) is 9.19. The van der Waals surface area contributed by atoms with E-state index in [1.165, 1.54) is 0 Å². The van der Waals surface area contributed by atoms with Crippen LogP contribution in [0.1, 0.15) is 13.8 Å². The molecule has 0 radical (unpaired) electrons. The van der Waals surface area contributed by atoms with Crippen molar-refractivity contribution in [3.05, 3.63) is 30.3 Å². The third-order valence-corrected chi connectivity index (χ3v) is 6.23. The molecule has 0 aliphatic rings. The predicted molar refractivity (Wildman–Crippen MR) is 55.0 cm³/mol. The minimum atomic E-state index is -2.16. The van der Waals surface area contributed by atoms with Crippen LogP contribution in [0.25, 0.3) is 0 Å². The third-order valence-electron chi connectivity index (χ3n) is 2.48. The van der Waals surface area contributed by atoms with Gasteiger partial charge < -0.3 is 4.80 Å². The Morgan fingerprint density at radius 2 is 1.67 bits per heavy atom. The molecule has 1 N–H and O–H groups in total. The van der Waals surface area contributed by atoms with Crippen LogP contribution in [0.5, 0.6) is 0 Å². The SMILES string of the molecule is CC(C)[Si](C)(O)c1ccccc1. The van der Waals surface area contributed by atoms with Gasteiger partial charge in [0.05, 0.1) is 0 Å². The van der Waals surface area contributed by atoms with E-state index in [0.29, 0.717) is 5.54 Å². The molecular formula is C10H16OSi. The molecule has 0 bridgehead atoms. The molecule has 12 heavy (non-hydrogen) atoms. The second-order valence-corrected chi connectivity index (χ2v) is 7.70. The number of benzene rings is 1. The maximum absolute atomic E-state index is 10.2. The van der Waals surface area contributed by atoms with Gasteiger partial charge in [-0.25, -0.2) is 0 Å². The van der Waals surface area contributed by atoms with Crippen LogP contribution in [0.4, 0.5) is 0 Å². The zero-order valence-electron chi connectivity index (χ0n) is 7.91. The Hall–Kier alpha value is -0.603. The lowest BCUT2D eigenvalue weighted by atomic mass is 10.4. The van der Waals surface area contributed by atoms with Crippen LogP contribution in [0.2, 0.25) is 12.1 Å². The summed E-state index contributed by atoms with van der Waals surface area (Å²) in [4.78, 5) is 10.2. The van der Waals surface area contributed by atoms with Crippen LogP contribution >= 0.6 is 0 Å². The summed E-state index contributed by atoms with van der Waals surface area (Å²) in [7, 11) is -2.16. The highest BCUT2D eigenvalue weighted by molar-refractivity contribution is 6.85. The Balaban J connectivity index is 2.98. The van der Waals surface area contributed by atoms with Gasteiger partial charge >= 0.3 is 0 Å².